The van der Waals surface area contributed by atoms with E-state index in [1.165, 1.54) is 37.4 Å². The van der Waals surface area contributed by atoms with E-state index >= 15 is 0 Å². The van der Waals surface area contributed by atoms with Gasteiger partial charge in [-0.05, 0) is 30.3 Å². The molecule has 0 aliphatic heterocycles. The van der Waals surface area contributed by atoms with E-state index in [4.69, 9.17) is 9.47 Å². The maximum Gasteiger partial charge on any atom is 0.347 e. The molecule has 0 aliphatic carbocycles. The van der Waals surface area contributed by atoms with Crippen LogP contribution in [0.2, 0.25) is 0 Å². The monoisotopic (exact) mass is 316 g/mol. The Morgan fingerprint density at radius 2 is 1.74 bits per heavy atom. The van der Waals surface area contributed by atoms with Gasteiger partial charge in [0.2, 0.25) is 0 Å². The Kier molecular flexibility index (Phi) is 4.93. The van der Waals surface area contributed by atoms with Gasteiger partial charge in [0.15, 0.2) is 6.29 Å². The average Bonchev–Trinajstić information content (AvgIpc) is 2.56. The number of carbonyl (C=O) groups excluding carboxylic acids is 3. The first-order valence-corrected chi connectivity index (χ1v) is 6.37. The van der Waals surface area contributed by atoms with Crippen molar-refractivity contribution in [1.29, 1.82) is 0 Å². The fourth-order valence-electron chi connectivity index (χ4n) is 1.81. The van der Waals surface area contributed by atoms with E-state index in [2.05, 4.69) is 4.74 Å². The van der Waals surface area contributed by atoms with Gasteiger partial charge in [0.25, 0.3) is 6.47 Å². The number of phenols is 1. The van der Waals surface area contributed by atoms with Crippen LogP contribution in [0.1, 0.15) is 20.7 Å². The molecule has 0 bridgehead atoms. The van der Waals surface area contributed by atoms with Crippen molar-refractivity contribution in [3.63, 3.8) is 0 Å². The Bertz CT molecular complexity index is 735. The zero-order valence-electron chi connectivity index (χ0n) is 12.0. The SMILES string of the molecule is COc1cc(O)c(C=O)cc1C(=O)Oc1ccc(OC=O)cc1. The molecule has 1 N–H and O–H groups in total. The molecule has 2 aromatic rings. The minimum absolute atomic E-state index is 0.0133. The zero-order chi connectivity index (χ0) is 16.8. The van der Waals surface area contributed by atoms with Crippen LogP contribution in [0.5, 0.6) is 23.0 Å². The summed E-state index contributed by atoms with van der Waals surface area (Å²) in [6.45, 7) is 0.281. The molecule has 0 fully saturated rings. The summed E-state index contributed by atoms with van der Waals surface area (Å²) >= 11 is 0. The molecule has 7 heteroatoms. The summed E-state index contributed by atoms with van der Waals surface area (Å²) in [6.07, 6.45) is 0.414. The normalized spacial score (nSPS) is 9.78. The molecule has 0 heterocycles. The molecule has 2 aromatic carbocycles. The van der Waals surface area contributed by atoms with Crippen LogP contribution in [0.4, 0.5) is 0 Å². The molecule has 0 aromatic heterocycles. The Morgan fingerprint density at radius 3 is 2.30 bits per heavy atom. The molecule has 0 aliphatic rings. The zero-order valence-corrected chi connectivity index (χ0v) is 12.0. The van der Waals surface area contributed by atoms with Crippen LogP contribution in [0.3, 0.4) is 0 Å². The van der Waals surface area contributed by atoms with Crippen molar-refractivity contribution >= 4 is 18.7 Å². The van der Waals surface area contributed by atoms with Crippen LogP contribution in [0, 0.1) is 0 Å². The van der Waals surface area contributed by atoms with Gasteiger partial charge in [-0.15, -0.1) is 0 Å². The fourth-order valence-corrected chi connectivity index (χ4v) is 1.81. The lowest BCUT2D eigenvalue weighted by molar-refractivity contribution is -0.120. The largest absolute Gasteiger partial charge is 0.507 e. The number of aromatic hydroxyl groups is 1. The van der Waals surface area contributed by atoms with Gasteiger partial charge < -0.3 is 19.3 Å². The van der Waals surface area contributed by atoms with Gasteiger partial charge in [-0.2, -0.15) is 0 Å². The maximum atomic E-state index is 12.2. The van der Waals surface area contributed by atoms with Gasteiger partial charge in [0, 0.05) is 6.07 Å². The van der Waals surface area contributed by atoms with E-state index in [1.807, 2.05) is 0 Å². The summed E-state index contributed by atoms with van der Waals surface area (Å²) < 4.78 is 14.8. The predicted octanol–water partition coefficient (Wildman–Crippen LogP) is 1.97. The quantitative estimate of drug-likeness (QED) is 0.494. The van der Waals surface area contributed by atoms with Crippen LogP contribution < -0.4 is 14.2 Å². The first kappa shape index (κ1) is 16.0. The molecule has 118 valence electrons. The number of hydrogen-bond donors (Lipinski definition) is 1. The number of hydrogen-bond acceptors (Lipinski definition) is 7. The molecule has 2 rings (SSSR count). The maximum absolute atomic E-state index is 12.2. The van der Waals surface area contributed by atoms with Crippen LogP contribution >= 0.6 is 0 Å². The number of ether oxygens (including phenoxy) is 3. The van der Waals surface area contributed by atoms with Crippen LogP contribution in [0.15, 0.2) is 36.4 Å². The molecule has 0 atom stereocenters. The van der Waals surface area contributed by atoms with Gasteiger partial charge in [0.1, 0.15) is 28.6 Å². The predicted molar refractivity (Wildman–Crippen MR) is 78.1 cm³/mol. The molecule has 0 saturated carbocycles. The van der Waals surface area contributed by atoms with Gasteiger partial charge in [-0.1, -0.05) is 0 Å². The summed E-state index contributed by atoms with van der Waals surface area (Å²) in [7, 11) is 1.32. The highest BCUT2D eigenvalue weighted by Gasteiger charge is 2.18. The highest BCUT2D eigenvalue weighted by atomic mass is 16.5. The number of rotatable bonds is 6. The molecule has 0 radical (unpaired) electrons. The summed E-state index contributed by atoms with van der Waals surface area (Å²) in [5, 5.41) is 9.59. The van der Waals surface area contributed by atoms with E-state index < -0.39 is 5.97 Å². The standard InChI is InChI=1S/C16H12O7/c1-21-15-7-14(19)10(8-17)6-13(15)16(20)23-12-4-2-11(3-5-12)22-9-18/h2-9,19H,1H3. The lowest BCUT2D eigenvalue weighted by Gasteiger charge is -2.10. The number of benzene rings is 2. The van der Waals surface area contributed by atoms with Crippen LogP contribution in [0.25, 0.3) is 0 Å². The smallest absolute Gasteiger partial charge is 0.347 e. The van der Waals surface area contributed by atoms with Crippen molar-refractivity contribution in [2.75, 3.05) is 7.11 Å². The Labute approximate surface area is 131 Å². The van der Waals surface area contributed by atoms with Crippen molar-refractivity contribution in [2.24, 2.45) is 0 Å². The van der Waals surface area contributed by atoms with E-state index in [0.717, 1.165) is 6.07 Å². The van der Waals surface area contributed by atoms with Crippen molar-refractivity contribution in [3.8, 4) is 23.0 Å². The highest BCUT2D eigenvalue weighted by Crippen LogP contribution is 2.28. The summed E-state index contributed by atoms with van der Waals surface area (Å²) in [5.41, 5.74) is -0.0758. The van der Waals surface area contributed by atoms with E-state index in [0.29, 0.717) is 12.0 Å². The Morgan fingerprint density at radius 1 is 1.09 bits per heavy atom. The van der Waals surface area contributed by atoms with Gasteiger partial charge in [-0.3, -0.25) is 9.59 Å². The Balaban J connectivity index is 2.26. The second-order valence-corrected chi connectivity index (χ2v) is 4.30. The second-order valence-electron chi connectivity index (χ2n) is 4.30. The van der Waals surface area contributed by atoms with Crippen LogP contribution in [-0.2, 0) is 4.79 Å². The van der Waals surface area contributed by atoms with E-state index in [9.17, 15) is 19.5 Å². The molecule has 23 heavy (non-hydrogen) atoms. The number of aldehydes is 1. The van der Waals surface area contributed by atoms with Crippen molar-refractivity contribution in [1.82, 2.24) is 0 Å². The summed E-state index contributed by atoms with van der Waals surface area (Å²) in [6, 6.07) is 8.09. The molecule has 7 nitrogen and oxygen atoms in total. The third-order valence-electron chi connectivity index (χ3n) is 2.91. The molecular formula is C16H12O7. The van der Waals surface area contributed by atoms with Crippen molar-refractivity contribution < 1.29 is 33.7 Å². The Hall–Kier alpha value is -3.35. The average molecular weight is 316 g/mol. The molecule has 0 saturated heterocycles. The van der Waals surface area contributed by atoms with Gasteiger partial charge in [0.05, 0.1) is 12.7 Å². The molecule has 0 spiro atoms. The van der Waals surface area contributed by atoms with Crippen molar-refractivity contribution in [2.45, 2.75) is 0 Å². The molecular weight excluding hydrogens is 304 g/mol. The summed E-state index contributed by atoms with van der Waals surface area (Å²) in [5.74, 6) is -0.502. The van der Waals surface area contributed by atoms with Gasteiger partial charge in [-0.25, -0.2) is 4.79 Å². The first-order chi connectivity index (χ1) is 11.1. The molecule has 0 unspecified atom stereocenters. The lowest BCUT2D eigenvalue weighted by atomic mass is 10.1. The van der Waals surface area contributed by atoms with Crippen LogP contribution in [-0.4, -0.2) is 30.9 Å². The third-order valence-corrected chi connectivity index (χ3v) is 2.91. The highest BCUT2D eigenvalue weighted by molar-refractivity contribution is 5.96. The van der Waals surface area contributed by atoms with E-state index in [1.54, 1.807) is 0 Å². The second kappa shape index (κ2) is 7.08. The topological polar surface area (TPSA) is 99.1 Å². The minimum atomic E-state index is -0.769. The number of carbonyl (C=O) groups is 3. The van der Waals surface area contributed by atoms with Gasteiger partial charge >= 0.3 is 5.97 Å². The molecule has 0 amide bonds. The number of methoxy groups -OCH3 is 1. The van der Waals surface area contributed by atoms with E-state index in [-0.39, 0.29) is 34.8 Å². The third kappa shape index (κ3) is 3.65. The fraction of sp³-hybridized carbons (Fsp3) is 0.0625. The number of phenolic OH excluding ortho intramolecular Hbond substituents is 1. The van der Waals surface area contributed by atoms with Crippen molar-refractivity contribution in [3.05, 3.63) is 47.5 Å². The summed E-state index contributed by atoms with van der Waals surface area (Å²) in [4.78, 5) is 33.3. The number of esters is 1. The lowest BCUT2D eigenvalue weighted by Crippen LogP contribution is -2.11. The minimum Gasteiger partial charge on any atom is -0.507 e. The first-order valence-electron chi connectivity index (χ1n) is 6.37.